The molecular weight excluding hydrogens is 234 g/mol. The highest BCUT2D eigenvalue weighted by molar-refractivity contribution is 7.15. The fraction of sp³-hybridized carbons (Fsp3) is 0.818. The number of hydrogen-bond acceptors (Lipinski definition) is 6. The van der Waals surface area contributed by atoms with Gasteiger partial charge in [0.25, 0.3) is 0 Å². The summed E-state index contributed by atoms with van der Waals surface area (Å²) in [5.41, 5.74) is 0. The number of aromatic nitrogens is 2. The van der Waals surface area contributed by atoms with Gasteiger partial charge in [-0.2, -0.15) is 0 Å². The zero-order valence-corrected chi connectivity index (χ0v) is 12.0. The fourth-order valence-corrected chi connectivity index (χ4v) is 2.27. The number of hydrogen-bond donors (Lipinski definition) is 1. The molecule has 1 rings (SSSR count). The standard InChI is InChI=1S/C11H23N5S/c1-5-6-16(8-7-15(3)4)9-10-13-14-11(12-2)17-10/h5-9H2,1-4H3,(H,12,14). The third-order valence-electron chi connectivity index (χ3n) is 2.44. The lowest BCUT2D eigenvalue weighted by molar-refractivity contribution is 0.233. The molecule has 1 heterocycles. The molecule has 17 heavy (non-hydrogen) atoms. The largest absolute Gasteiger partial charge is 0.363 e. The second kappa shape index (κ2) is 7.58. The monoisotopic (exact) mass is 257 g/mol. The van der Waals surface area contributed by atoms with Crippen molar-refractivity contribution in [1.82, 2.24) is 20.0 Å². The Morgan fingerprint density at radius 1 is 1.18 bits per heavy atom. The average molecular weight is 257 g/mol. The van der Waals surface area contributed by atoms with E-state index in [2.05, 4.69) is 46.3 Å². The van der Waals surface area contributed by atoms with Crippen molar-refractivity contribution in [2.75, 3.05) is 46.1 Å². The second-order valence-electron chi connectivity index (χ2n) is 4.33. The first kappa shape index (κ1) is 14.3. The topological polar surface area (TPSA) is 44.3 Å². The van der Waals surface area contributed by atoms with Crippen LogP contribution in [0.2, 0.25) is 0 Å². The minimum absolute atomic E-state index is 0.893. The Labute approximate surface area is 108 Å². The van der Waals surface area contributed by atoms with Gasteiger partial charge in [-0.05, 0) is 27.1 Å². The highest BCUT2D eigenvalue weighted by Crippen LogP contribution is 2.16. The van der Waals surface area contributed by atoms with Crippen LogP contribution in [0.3, 0.4) is 0 Å². The van der Waals surface area contributed by atoms with E-state index in [0.717, 1.165) is 36.3 Å². The minimum Gasteiger partial charge on any atom is -0.363 e. The van der Waals surface area contributed by atoms with E-state index in [0.29, 0.717) is 0 Å². The maximum Gasteiger partial charge on any atom is 0.205 e. The van der Waals surface area contributed by atoms with Gasteiger partial charge in [0, 0.05) is 20.1 Å². The fourth-order valence-electron chi connectivity index (χ4n) is 1.54. The SMILES string of the molecule is CCCN(CCN(C)C)Cc1nnc(NC)s1. The Morgan fingerprint density at radius 2 is 1.94 bits per heavy atom. The molecule has 0 aliphatic carbocycles. The van der Waals surface area contributed by atoms with Crippen LogP contribution < -0.4 is 5.32 Å². The van der Waals surface area contributed by atoms with Crippen LogP contribution in [0.5, 0.6) is 0 Å². The van der Waals surface area contributed by atoms with Crippen LogP contribution in [0.25, 0.3) is 0 Å². The first-order chi connectivity index (χ1) is 8.15. The summed E-state index contributed by atoms with van der Waals surface area (Å²) in [7, 11) is 6.09. The van der Waals surface area contributed by atoms with E-state index >= 15 is 0 Å². The molecule has 0 aliphatic rings. The van der Waals surface area contributed by atoms with E-state index in [4.69, 9.17) is 0 Å². The van der Waals surface area contributed by atoms with Gasteiger partial charge in [0.05, 0.1) is 6.54 Å². The summed E-state index contributed by atoms with van der Waals surface area (Å²) in [6.07, 6.45) is 1.17. The first-order valence-corrected chi connectivity index (χ1v) is 6.84. The van der Waals surface area contributed by atoms with Crippen LogP contribution in [0.4, 0.5) is 5.13 Å². The van der Waals surface area contributed by atoms with E-state index in [1.165, 1.54) is 6.42 Å². The van der Waals surface area contributed by atoms with Gasteiger partial charge < -0.3 is 10.2 Å². The number of rotatable bonds is 8. The van der Waals surface area contributed by atoms with Gasteiger partial charge in [0.2, 0.25) is 5.13 Å². The van der Waals surface area contributed by atoms with Crippen molar-refractivity contribution in [1.29, 1.82) is 0 Å². The number of anilines is 1. The summed E-state index contributed by atoms with van der Waals surface area (Å²) in [6, 6.07) is 0. The predicted octanol–water partition coefficient (Wildman–Crippen LogP) is 1.35. The maximum absolute atomic E-state index is 4.19. The van der Waals surface area contributed by atoms with Crippen LogP contribution in [0.15, 0.2) is 0 Å². The molecule has 0 aliphatic heterocycles. The van der Waals surface area contributed by atoms with Crippen molar-refractivity contribution in [3.63, 3.8) is 0 Å². The van der Waals surface area contributed by atoms with E-state index in [1.807, 2.05) is 7.05 Å². The Morgan fingerprint density at radius 3 is 2.47 bits per heavy atom. The van der Waals surface area contributed by atoms with Gasteiger partial charge in [-0.1, -0.05) is 18.3 Å². The Bertz CT molecular complexity index is 313. The van der Waals surface area contributed by atoms with Crippen molar-refractivity contribution < 1.29 is 0 Å². The molecular formula is C11H23N5S. The Balaban J connectivity index is 2.47. The summed E-state index contributed by atoms with van der Waals surface area (Å²) in [5.74, 6) is 0. The van der Waals surface area contributed by atoms with Gasteiger partial charge in [-0.3, -0.25) is 4.90 Å². The normalized spacial score (nSPS) is 11.4. The van der Waals surface area contributed by atoms with E-state index in [-0.39, 0.29) is 0 Å². The summed E-state index contributed by atoms with van der Waals surface area (Å²) < 4.78 is 0. The number of nitrogens with one attached hydrogen (secondary N) is 1. The van der Waals surface area contributed by atoms with Crippen molar-refractivity contribution in [2.24, 2.45) is 0 Å². The molecule has 1 N–H and O–H groups in total. The highest BCUT2D eigenvalue weighted by Gasteiger charge is 2.09. The Hall–Kier alpha value is -0.720. The Kier molecular flexibility index (Phi) is 6.39. The molecule has 0 atom stereocenters. The molecule has 0 bridgehead atoms. The molecule has 0 spiro atoms. The van der Waals surface area contributed by atoms with Crippen molar-refractivity contribution in [3.05, 3.63) is 5.01 Å². The molecule has 0 fully saturated rings. The quantitative estimate of drug-likeness (QED) is 0.761. The zero-order chi connectivity index (χ0) is 12.7. The third-order valence-corrected chi connectivity index (χ3v) is 3.37. The van der Waals surface area contributed by atoms with Gasteiger partial charge in [-0.25, -0.2) is 0 Å². The molecule has 1 aromatic heterocycles. The van der Waals surface area contributed by atoms with Gasteiger partial charge in [-0.15, -0.1) is 10.2 Å². The summed E-state index contributed by atoms with van der Waals surface area (Å²) in [5, 5.41) is 13.2. The molecule has 6 heteroatoms. The maximum atomic E-state index is 4.19. The average Bonchev–Trinajstić information content (AvgIpc) is 2.74. The molecule has 0 radical (unpaired) electrons. The van der Waals surface area contributed by atoms with E-state index in [9.17, 15) is 0 Å². The lowest BCUT2D eigenvalue weighted by Crippen LogP contribution is -2.31. The van der Waals surface area contributed by atoms with Crippen LogP contribution in [-0.2, 0) is 6.54 Å². The number of likely N-dealkylation sites (N-methyl/N-ethyl adjacent to an activating group) is 1. The lowest BCUT2D eigenvalue weighted by Gasteiger charge is -2.22. The second-order valence-corrected chi connectivity index (χ2v) is 5.39. The van der Waals surface area contributed by atoms with Gasteiger partial charge in [0.1, 0.15) is 5.01 Å². The summed E-state index contributed by atoms with van der Waals surface area (Å²) >= 11 is 1.63. The molecule has 0 aromatic carbocycles. The molecule has 98 valence electrons. The molecule has 0 saturated carbocycles. The van der Waals surface area contributed by atoms with Crippen LogP contribution in [0, 0.1) is 0 Å². The van der Waals surface area contributed by atoms with Crippen LogP contribution in [0.1, 0.15) is 18.4 Å². The molecule has 0 saturated heterocycles. The molecule has 1 aromatic rings. The van der Waals surface area contributed by atoms with Gasteiger partial charge in [0.15, 0.2) is 0 Å². The van der Waals surface area contributed by atoms with Crippen LogP contribution in [-0.4, -0.2) is 60.8 Å². The van der Waals surface area contributed by atoms with Crippen molar-refractivity contribution >= 4 is 16.5 Å². The summed E-state index contributed by atoms with van der Waals surface area (Å²) in [4.78, 5) is 4.64. The number of nitrogens with zero attached hydrogens (tertiary/aromatic N) is 4. The smallest absolute Gasteiger partial charge is 0.205 e. The predicted molar refractivity (Wildman–Crippen MR) is 73.6 cm³/mol. The van der Waals surface area contributed by atoms with E-state index in [1.54, 1.807) is 11.3 Å². The minimum atomic E-state index is 0.893. The van der Waals surface area contributed by atoms with Crippen LogP contribution >= 0.6 is 11.3 Å². The first-order valence-electron chi connectivity index (χ1n) is 6.03. The van der Waals surface area contributed by atoms with E-state index < -0.39 is 0 Å². The zero-order valence-electron chi connectivity index (χ0n) is 11.2. The van der Waals surface area contributed by atoms with Gasteiger partial charge >= 0.3 is 0 Å². The summed E-state index contributed by atoms with van der Waals surface area (Å²) in [6.45, 7) is 6.39. The lowest BCUT2D eigenvalue weighted by atomic mass is 10.4. The molecule has 0 unspecified atom stereocenters. The molecule has 5 nitrogen and oxygen atoms in total. The highest BCUT2D eigenvalue weighted by atomic mass is 32.1. The van der Waals surface area contributed by atoms with Crippen molar-refractivity contribution in [2.45, 2.75) is 19.9 Å². The third kappa shape index (κ3) is 5.43. The van der Waals surface area contributed by atoms with Crippen molar-refractivity contribution in [3.8, 4) is 0 Å². The molecule has 0 amide bonds.